The van der Waals surface area contributed by atoms with Crippen LogP contribution in [-0.4, -0.2) is 30.1 Å². The highest BCUT2D eigenvalue weighted by atomic mass is 35.5. The Labute approximate surface area is 118 Å². The van der Waals surface area contributed by atoms with Crippen molar-refractivity contribution in [3.63, 3.8) is 0 Å². The molecule has 4 heteroatoms. The maximum absolute atomic E-state index is 13.8. The Kier molecular flexibility index (Phi) is 3.79. The average Bonchev–Trinajstić information content (AvgIpc) is 2.81. The minimum Gasteiger partial charge on any atom is -0.309 e. The molecule has 104 valence electrons. The van der Waals surface area contributed by atoms with Gasteiger partial charge in [0.15, 0.2) is 0 Å². The predicted octanol–water partition coefficient (Wildman–Crippen LogP) is 3.20. The molecular formula is C15H20ClFN2. The molecule has 19 heavy (non-hydrogen) atoms. The maximum Gasteiger partial charge on any atom is 0.129 e. The topological polar surface area (TPSA) is 15.3 Å². The number of nitrogens with zero attached hydrogens (tertiary/aromatic N) is 1. The molecule has 0 radical (unpaired) electrons. The van der Waals surface area contributed by atoms with Crippen LogP contribution < -0.4 is 5.32 Å². The maximum atomic E-state index is 13.8. The van der Waals surface area contributed by atoms with E-state index < -0.39 is 0 Å². The molecule has 1 spiro atoms. The van der Waals surface area contributed by atoms with E-state index in [0.29, 0.717) is 17.1 Å². The molecule has 2 fully saturated rings. The van der Waals surface area contributed by atoms with Crippen LogP contribution in [0.1, 0.15) is 31.2 Å². The Balaban J connectivity index is 1.69. The van der Waals surface area contributed by atoms with E-state index in [1.54, 1.807) is 12.1 Å². The first-order valence-corrected chi connectivity index (χ1v) is 7.46. The second-order valence-electron chi connectivity index (χ2n) is 5.86. The van der Waals surface area contributed by atoms with Gasteiger partial charge in [-0.25, -0.2) is 4.39 Å². The van der Waals surface area contributed by atoms with Crippen molar-refractivity contribution < 1.29 is 4.39 Å². The van der Waals surface area contributed by atoms with Crippen LogP contribution in [-0.2, 0) is 6.54 Å². The standard InChI is InChI=1S/C15H20ClFN2/c16-13-4-3-12(14(17)9-13)10-19-8-7-18-15(11-19)5-1-2-6-15/h3-4,9,18H,1-2,5-8,10-11H2. The smallest absolute Gasteiger partial charge is 0.129 e. The molecule has 0 amide bonds. The van der Waals surface area contributed by atoms with Gasteiger partial charge in [-0.2, -0.15) is 0 Å². The number of rotatable bonds is 2. The van der Waals surface area contributed by atoms with Crippen molar-refractivity contribution >= 4 is 11.6 Å². The molecule has 1 aliphatic carbocycles. The third-order valence-electron chi connectivity index (χ3n) is 4.42. The van der Waals surface area contributed by atoms with Gasteiger partial charge in [-0.3, -0.25) is 4.90 Å². The summed E-state index contributed by atoms with van der Waals surface area (Å²) in [5, 5.41) is 4.14. The lowest BCUT2D eigenvalue weighted by Crippen LogP contribution is -2.58. The Bertz CT molecular complexity index is 457. The Morgan fingerprint density at radius 2 is 2.11 bits per heavy atom. The number of nitrogens with one attached hydrogen (secondary N) is 1. The van der Waals surface area contributed by atoms with Gasteiger partial charge in [-0.1, -0.05) is 30.5 Å². The SMILES string of the molecule is Fc1cc(Cl)ccc1CN1CCNC2(CCCC2)C1. The summed E-state index contributed by atoms with van der Waals surface area (Å²) < 4.78 is 13.8. The monoisotopic (exact) mass is 282 g/mol. The molecule has 1 aliphatic heterocycles. The molecule has 1 saturated heterocycles. The molecule has 0 atom stereocenters. The fraction of sp³-hybridized carbons (Fsp3) is 0.600. The van der Waals surface area contributed by atoms with Crippen LogP contribution in [0, 0.1) is 5.82 Å². The van der Waals surface area contributed by atoms with E-state index in [9.17, 15) is 4.39 Å². The van der Waals surface area contributed by atoms with Crippen molar-refractivity contribution in [3.05, 3.63) is 34.6 Å². The normalized spacial score (nSPS) is 23.1. The highest BCUT2D eigenvalue weighted by Gasteiger charge is 2.37. The summed E-state index contributed by atoms with van der Waals surface area (Å²) in [7, 11) is 0. The van der Waals surface area contributed by atoms with E-state index in [0.717, 1.165) is 25.2 Å². The summed E-state index contributed by atoms with van der Waals surface area (Å²) in [4.78, 5) is 2.37. The lowest BCUT2D eigenvalue weighted by Gasteiger charge is -2.41. The molecule has 1 aromatic rings. The molecule has 1 aromatic carbocycles. The third-order valence-corrected chi connectivity index (χ3v) is 4.66. The number of benzene rings is 1. The van der Waals surface area contributed by atoms with Crippen molar-refractivity contribution in [2.24, 2.45) is 0 Å². The number of hydrogen-bond acceptors (Lipinski definition) is 2. The van der Waals surface area contributed by atoms with Crippen LogP contribution in [0.4, 0.5) is 4.39 Å². The van der Waals surface area contributed by atoms with E-state index in [2.05, 4.69) is 10.2 Å². The first kappa shape index (κ1) is 13.3. The van der Waals surface area contributed by atoms with Crippen LogP contribution in [0.25, 0.3) is 0 Å². The van der Waals surface area contributed by atoms with Crippen LogP contribution in [0.15, 0.2) is 18.2 Å². The zero-order valence-corrected chi connectivity index (χ0v) is 11.8. The Hall–Kier alpha value is -0.640. The van der Waals surface area contributed by atoms with Crippen LogP contribution in [0.2, 0.25) is 5.02 Å². The number of hydrogen-bond donors (Lipinski definition) is 1. The molecule has 2 nitrogen and oxygen atoms in total. The predicted molar refractivity (Wildman–Crippen MR) is 75.9 cm³/mol. The quantitative estimate of drug-likeness (QED) is 0.896. The largest absolute Gasteiger partial charge is 0.309 e. The van der Waals surface area contributed by atoms with Gasteiger partial charge in [-0.15, -0.1) is 0 Å². The fourth-order valence-electron chi connectivity index (χ4n) is 3.45. The molecule has 2 aliphatic rings. The average molecular weight is 283 g/mol. The number of halogens is 2. The summed E-state index contributed by atoms with van der Waals surface area (Å²) in [6, 6.07) is 4.99. The van der Waals surface area contributed by atoms with Gasteiger partial charge in [0.05, 0.1) is 0 Å². The van der Waals surface area contributed by atoms with E-state index >= 15 is 0 Å². The van der Waals surface area contributed by atoms with Crippen molar-refractivity contribution in [3.8, 4) is 0 Å². The van der Waals surface area contributed by atoms with Crippen molar-refractivity contribution in [1.82, 2.24) is 10.2 Å². The highest BCUT2D eigenvalue weighted by molar-refractivity contribution is 6.30. The third kappa shape index (κ3) is 2.93. The van der Waals surface area contributed by atoms with E-state index in [-0.39, 0.29) is 5.82 Å². The summed E-state index contributed by atoms with van der Waals surface area (Å²) in [6.07, 6.45) is 5.14. The molecule has 1 N–H and O–H groups in total. The molecule has 0 bridgehead atoms. The van der Waals surface area contributed by atoms with Crippen LogP contribution >= 0.6 is 11.6 Å². The minimum absolute atomic E-state index is 0.188. The van der Waals surface area contributed by atoms with E-state index in [4.69, 9.17) is 11.6 Å². The van der Waals surface area contributed by atoms with E-state index in [1.165, 1.54) is 31.7 Å². The first-order valence-electron chi connectivity index (χ1n) is 7.08. The van der Waals surface area contributed by atoms with Gasteiger partial charge in [-0.05, 0) is 25.0 Å². The summed E-state index contributed by atoms with van der Waals surface area (Å²) in [6.45, 7) is 3.72. The van der Waals surface area contributed by atoms with Crippen molar-refractivity contribution in [2.45, 2.75) is 37.8 Å². The summed E-state index contributed by atoms with van der Waals surface area (Å²) in [5.74, 6) is -0.188. The fourth-order valence-corrected chi connectivity index (χ4v) is 3.61. The van der Waals surface area contributed by atoms with Crippen LogP contribution in [0.3, 0.4) is 0 Å². The van der Waals surface area contributed by atoms with Gasteiger partial charge in [0, 0.05) is 42.3 Å². The zero-order valence-electron chi connectivity index (χ0n) is 11.1. The highest BCUT2D eigenvalue weighted by Crippen LogP contribution is 2.32. The van der Waals surface area contributed by atoms with Crippen molar-refractivity contribution in [2.75, 3.05) is 19.6 Å². The van der Waals surface area contributed by atoms with Crippen molar-refractivity contribution in [1.29, 1.82) is 0 Å². The second kappa shape index (κ2) is 5.39. The first-order chi connectivity index (χ1) is 9.17. The van der Waals surface area contributed by atoms with E-state index in [1.807, 2.05) is 0 Å². The second-order valence-corrected chi connectivity index (χ2v) is 6.30. The zero-order chi connectivity index (χ0) is 13.3. The van der Waals surface area contributed by atoms with Gasteiger partial charge in [0.2, 0.25) is 0 Å². The molecular weight excluding hydrogens is 263 g/mol. The Morgan fingerprint density at radius 1 is 1.32 bits per heavy atom. The number of piperazine rings is 1. The summed E-state index contributed by atoms with van der Waals surface area (Å²) in [5.41, 5.74) is 1.04. The molecule has 0 aromatic heterocycles. The minimum atomic E-state index is -0.188. The van der Waals surface area contributed by atoms with Gasteiger partial charge in [0.1, 0.15) is 5.82 Å². The van der Waals surface area contributed by atoms with Gasteiger partial charge >= 0.3 is 0 Å². The molecule has 0 unspecified atom stereocenters. The summed E-state index contributed by atoms with van der Waals surface area (Å²) >= 11 is 5.79. The molecule has 1 heterocycles. The van der Waals surface area contributed by atoms with Gasteiger partial charge < -0.3 is 5.32 Å². The lowest BCUT2D eigenvalue weighted by atomic mass is 9.94. The van der Waals surface area contributed by atoms with Crippen LogP contribution in [0.5, 0.6) is 0 Å². The Morgan fingerprint density at radius 3 is 2.84 bits per heavy atom. The molecule has 1 saturated carbocycles. The lowest BCUT2D eigenvalue weighted by molar-refractivity contribution is 0.127. The molecule has 3 rings (SSSR count). The van der Waals surface area contributed by atoms with Gasteiger partial charge in [0.25, 0.3) is 0 Å².